The van der Waals surface area contributed by atoms with Gasteiger partial charge in [0.1, 0.15) is 0 Å². The Balaban J connectivity index is 0.000000293. The molecule has 0 nitrogen and oxygen atoms in total. The van der Waals surface area contributed by atoms with Gasteiger partial charge in [-0.05, 0) is 31.2 Å². The fourth-order valence-electron chi connectivity index (χ4n) is 1.58. The molecule has 0 N–H and O–H groups in total. The van der Waals surface area contributed by atoms with Crippen LogP contribution in [0.5, 0.6) is 0 Å². The van der Waals surface area contributed by atoms with Crippen molar-refractivity contribution in [2.45, 2.75) is 52.4 Å². The van der Waals surface area contributed by atoms with Gasteiger partial charge in [0.2, 0.25) is 0 Å². The first-order valence-corrected chi connectivity index (χ1v) is 5.84. The summed E-state index contributed by atoms with van der Waals surface area (Å²) in [5.74, 6) is 0.885. The fourth-order valence-corrected chi connectivity index (χ4v) is 1.58. The van der Waals surface area contributed by atoms with Gasteiger partial charge in [-0.1, -0.05) is 56.5 Å². The van der Waals surface area contributed by atoms with Crippen LogP contribution in [-0.2, 0) is 0 Å². The Bertz CT molecular complexity index is 241. The van der Waals surface area contributed by atoms with Crippen LogP contribution in [0.4, 0.5) is 0 Å². The number of aryl methyl sites for hydroxylation is 1. The zero-order valence-corrected chi connectivity index (χ0v) is 9.72. The van der Waals surface area contributed by atoms with Gasteiger partial charge in [0, 0.05) is 0 Å². The lowest BCUT2D eigenvalue weighted by atomic mass is 9.80. The van der Waals surface area contributed by atoms with Crippen molar-refractivity contribution in [2.24, 2.45) is 0 Å². The molecule has 0 spiro atoms. The average molecular weight is 190 g/mol. The molecular formula is C14H22. The summed E-state index contributed by atoms with van der Waals surface area (Å²) in [5, 5.41) is 0. The molecule has 78 valence electrons. The van der Waals surface area contributed by atoms with E-state index in [0.717, 1.165) is 5.92 Å². The molecule has 1 aliphatic carbocycles. The van der Waals surface area contributed by atoms with Crippen LogP contribution in [0.1, 0.15) is 56.6 Å². The molecule has 2 rings (SSSR count). The summed E-state index contributed by atoms with van der Waals surface area (Å²) in [6.45, 7) is 6.39. The highest BCUT2D eigenvalue weighted by Gasteiger charge is 2.18. The molecule has 0 heterocycles. The molecule has 0 aromatic heterocycles. The zero-order valence-electron chi connectivity index (χ0n) is 9.72. The van der Waals surface area contributed by atoms with Crippen LogP contribution in [0.3, 0.4) is 0 Å². The van der Waals surface area contributed by atoms with Gasteiger partial charge < -0.3 is 0 Å². The van der Waals surface area contributed by atoms with Gasteiger partial charge in [-0.25, -0.2) is 0 Å². The van der Waals surface area contributed by atoms with Crippen molar-refractivity contribution in [2.75, 3.05) is 0 Å². The molecule has 0 bridgehead atoms. The second-order valence-electron chi connectivity index (χ2n) is 4.25. The number of hydrogen-bond acceptors (Lipinski definition) is 0. The first kappa shape index (κ1) is 11.3. The largest absolute Gasteiger partial charge is 0.0656 e. The normalized spacial score (nSPS) is 15.4. The van der Waals surface area contributed by atoms with Crippen molar-refractivity contribution in [1.82, 2.24) is 0 Å². The summed E-state index contributed by atoms with van der Waals surface area (Å²) in [6, 6.07) is 8.99. The van der Waals surface area contributed by atoms with Crippen molar-refractivity contribution in [3.63, 3.8) is 0 Å². The van der Waals surface area contributed by atoms with Crippen LogP contribution in [-0.4, -0.2) is 0 Å². The van der Waals surface area contributed by atoms with Crippen LogP contribution in [0.2, 0.25) is 0 Å². The van der Waals surface area contributed by atoms with E-state index in [1.165, 1.54) is 31.2 Å². The van der Waals surface area contributed by atoms with E-state index in [9.17, 15) is 0 Å². The molecule has 1 saturated carbocycles. The molecule has 0 heteroatoms. The van der Waals surface area contributed by atoms with Crippen molar-refractivity contribution >= 4 is 0 Å². The van der Waals surface area contributed by atoms with Gasteiger partial charge in [0.05, 0.1) is 0 Å². The second-order valence-corrected chi connectivity index (χ2v) is 4.25. The molecule has 0 saturated heterocycles. The van der Waals surface area contributed by atoms with E-state index in [4.69, 9.17) is 0 Å². The van der Waals surface area contributed by atoms with Crippen LogP contribution in [0.15, 0.2) is 24.3 Å². The summed E-state index contributed by atoms with van der Waals surface area (Å²) in [5.41, 5.74) is 2.91. The van der Waals surface area contributed by atoms with E-state index < -0.39 is 0 Å². The highest BCUT2D eigenvalue weighted by molar-refractivity contribution is 5.25. The predicted octanol–water partition coefficient (Wildman–Crippen LogP) is 4.68. The Morgan fingerprint density at radius 1 is 1.07 bits per heavy atom. The van der Waals surface area contributed by atoms with Crippen molar-refractivity contribution in [1.29, 1.82) is 0 Å². The average Bonchev–Trinajstić information content (AvgIpc) is 2.07. The van der Waals surface area contributed by atoms with E-state index in [2.05, 4.69) is 45.0 Å². The molecule has 1 aromatic carbocycles. The molecular weight excluding hydrogens is 168 g/mol. The number of rotatable bonds is 1. The second kappa shape index (κ2) is 5.85. The third-order valence-corrected chi connectivity index (χ3v) is 2.65. The fraction of sp³-hybridized carbons (Fsp3) is 0.571. The highest BCUT2D eigenvalue weighted by atomic mass is 14.2. The summed E-state index contributed by atoms with van der Waals surface area (Å²) >= 11 is 0. The minimum absolute atomic E-state index is 0.885. The maximum atomic E-state index is 2.28. The minimum atomic E-state index is 0.885. The van der Waals surface area contributed by atoms with Crippen molar-refractivity contribution < 1.29 is 0 Å². The lowest BCUT2D eigenvalue weighted by Crippen LogP contribution is -2.08. The smallest absolute Gasteiger partial charge is 0.0162 e. The molecule has 1 aromatic rings. The first-order valence-electron chi connectivity index (χ1n) is 5.84. The van der Waals surface area contributed by atoms with Gasteiger partial charge in [-0.3, -0.25) is 0 Å². The molecule has 0 atom stereocenters. The third kappa shape index (κ3) is 3.17. The van der Waals surface area contributed by atoms with Gasteiger partial charge in [0.15, 0.2) is 0 Å². The van der Waals surface area contributed by atoms with Crippen LogP contribution in [0, 0.1) is 6.92 Å². The molecule has 0 amide bonds. The van der Waals surface area contributed by atoms with E-state index in [1.807, 2.05) is 0 Å². The predicted molar refractivity (Wildman–Crippen MR) is 63.7 cm³/mol. The minimum Gasteiger partial charge on any atom is -0.0656 e. The van der Waals surface area contributed by atoms with Gasteiger partial charge in [-0.2, -0.15) is 0 Å². The van der Waals surface area contributed by atoms with Crippen molar-refractivity contribution in [3.8, 4) is 0 Å². The van der Waals surface area contributed by atoms with E-state index in [0.29, 0.717) is 0 Å². The van der Waals surface area contributed by atoms with Crippen LogP contribution >= 0.6 is 0 Å². The summed E-state index contributed by atoms with van der Waals surface area (Å²) in [6.07, 6.45) is 5.49. The Labute approximate surface area is 88.4 Å². The first-order chi connectivity index (χ1) is 6.77. The molecule has 1 fully saturated rings. The Morgan fingerprint density at radius 3 is 1.93 bits per heavy atom. The molecule has 14 heavy (non-hydrogen) atoms. The zero-order chi connectivity index (χ0) is 10.4. The molecule has 1 aliphatic rings. The summed E-state index contributed by atoms with van der Waals surface area (Å²) in [4.78, 5) is 0. The topological polar surface area (TPSA) is 0 Å². The molecule has 0 aliphatic heterocycles. The SMILES string of the molecule is CCC.Cc1ccc(C2CCC2)cc1. The Hall–Kier alpha value is -0.780. The highest BCUT2D eigenvalue weighted by Crippen LogP contribution is 2.36. The van der Waals surface area contributed by atoms with E-state index in [1.54, 1.807) is 5.56 Å². The number of hydrogen-bond donors (Lipinski definition) is 0. The van der Waals surface area contributed by atoms with Gasteiger partial charge >= 0.3 is 0 Å². The van der Waals surface area contributed by atoms with E-state index >= 15 is 0 Å². The lowest BCUT2D eigenvalue weighted by molar-refractivity contribution is 0.420. The monoisotopic (exact) mass is 190 g/mol. The van der Waals surface area contributed by atoms with Gasteiger partial charge in [-0.15, -0.1) is 0 Å². The maximum Gasteiger partial charge on any atom is -0.0162 e. The standard InChI is InChI=1S/C11H14.C3H8/c1-9-5-7-11(8-6-9)10-3-2-4-10;1-3-2/h5-8,10H,2-4H2,1H3;3H2,1-2H3. The molecule has 0 unspecified atom stereocenters. The summed E-state index contributed by atoms with van der Waals surface area (Å²) < 4.78 is 0. The maximum absolute atomic E-state index is 2.28. The third-order valence-electron chi connectivity index (χ3n) is 2.65. The van der Waals surface area contributed by atoms with Crippen molar-refractivity contribution in [3.05, 3.63) is 35.4 Å². The quantitative estimate of drug-likeness (QED) is 0.603. The van der Waals surface area contributed by atoms with Gasteiger partial charge in [0.25, 0.3) is 0 Å². The van der Waals surface area contributed by atoms with E-state index in [-0.39, 0.29) is 0 Å². The van der Waals surface area contributed by atoms with Crippen LogP contribution in [0.25, 0.3) is 0 Å². The summed E-state index contributed by atoms with van der Waals surface area (Å²) in [7, 11) is 0. The lowest BCUT2D eigenvalue weighted by Gasteiger charge is -2.25. The number of benzene rings is 1. The Kier molecular flexibility index (Phi) is 4.72. The molecule has 0 radical (unpaired) electrons. The Morgan fingerprint density at radius 2 is 1.57 bits per heavy atom. The van der Waals surface area contributed by atoms with Crippen LogP contribution < -0.4 is 0 Å².